The summed E-state index contributed by atoms with van der Waals surface area (Å²) in [5.74, 6) is -0.459. The zero-order valence-corrected chi connectivity index (χ0v) is 26.6. The average molecular weight is 612 g/mol. The summed E-state index contributed by atoms with van der Waals surface area (Å²) in [6, 6.07) is 20.2. The zero-order valence-electron chi connectivity index (χ0n) is 25.0. The van der Waals surface area contributed by atoms with Gasteiger partial charge in [0.05, 0.1) is 17.2 Å². The molecule has 3 rings (SSSR count). The highest BCUT2D eigenvalue weighted by Crippen LogP contribution is 2.33. The summed E-state index contributed by atoms with van der Waals surface area (Å²) in [6.45, 7) is 7.91. The second-order valence-corrected chi connectivity index (χ2v) is 12.7. The fourth-order valence-electron chi connectivity index (χ4n) is 4.45. The molecule has 0 aliphatic heterocycles. The zero-order chi connectivity index (χ0) is 30.7. The summed E-state index contributed by atoms with van der Waals surface area (Å²) in [5, 5.41) is 2.91. The Bertz CT molecular complexity index is 1440. The minimum atomic E-state index is -4.20. The summed E-state index contributed by atoms with van der Waals surface area (Å²) in [4.78, 5) is 29.7. The van der Waals surface area contributed by atoms with Gasteiger partial charge in [0.2, 0.25) is 11.8 Å². The Morgan fingerprint density at radius 3 is 2.36 bits per heavy atom. The molecule has 0 spiro atoms. The van der Waals surface area contributed by atoms with Crippen LogP contribution in [0.15, 0.2) is 82.6 Å². The number of amides is 2. The Kier molecular flexibility index (Phi) is 12.3. The molecule has 42 heavy (non-hydrogen) atoms. The van der Waals surface area contributed by atoms with E-state index in [0.717, 1.165) is 33.2 Å². The number of unbranched alkanes of at least 4 members (excludes halogenated alkanes) is 1. The first-order valence-corrected chi connectivity index (χ1v) is 16.8. The van der Waals surface area contributed by atoms with E-state index in [2.05, 4.69) is 5.32 Å². The van der Waals surface area contributed by atoms with Crippen molar-refractivity contribution in [2.24, 2.45) is 0 Å². The van der Waals surface area contributed by atoms with E-state index < -0.39 is 28.5 Å². The molecule has 3 aromatic carbocycles. The lowest BCUT2D eigenvalue weighted by molar-refractivity contribution is -0.139. The molecular formula is C32H41N3O5S2. The van der Waals surface area contributed by atoms with Gasteiger partial charge in [0.25, 0.3) is 10.0 Å². The number of aryl methyl sites for hydroxylation is 1. The molecule has 10 heteroatoms. The van der Waals surface area contributed by atoms with Crippen LogP contribution in [0.3, 0.4) is 0 Å². The second kappa shape index (κ2) is 15.7. The maximum absolute atomic E-state index is 14.1. The van der Waals surface area contributed by atoms with Crippen molar-refractivity contribution in [3.05, 3.63) is 83.9 Å². The monoisotopic (exact) mass is 611 g/mol. The molecule has 0 aromatic heterocycles. The van der Waals surface area contributed by atoms with Crippen LogP contribution in [-0.4, -0.2) is 57.1 Å². The number of benzene rings is 3. The minimum absolute atomic E-state index is 0.0509. The number of nitrogens with zero attached hydrogens (tertiary/aromatic N) is 2. The molecule has 0 heterocycles. The van der Waals surface area contributed by atoms with Crippen molar-refractivity contribution in [3.8, 4) is 5.75 Å². The summed E-state index contributed by atoms with van der Waals surface area (Å²) >= 11 is 1.50. The topological polar surface area (TPSA) is 96.0 Å². The quantitative estimate of drug-likeness (QED) is 0.176. The van der Waals surface area contributed by atoms with Crippen LogP contribution in [0.5, 0.6) is 5.75 Å². The van der Waals surface area contributed by atoms with Crippen molar-refractivity contribution < 1.29 is 22.7 Å². The SMILES string of the molecule is CCCCNC(=O)C(C)N(Cc1cccc(C)c1)C(=O)CN(c1ccccc1OCC)S(=O)(=O)c1ccc(SC)cc1. The molecule has 0 radical (unpaired) electrons. The first kappa shape index (κ1) is 33.0. The number of hydrogen-bond acceptors (Lipinski definition) is 6. The molecule has 8 nitrogen and oxygen atoms in total. The van der Waals surface area contributed by atoms with Crippen molar-refractivity contribution in [2.75, 3.05) is 30.3 Å². The third-order valence-corrected chi connectivity index (χ3v) is 9.31. The third kappa shape index (κ3) is 8.51. The number of thioether (sulfide) groups is 1. The molecule has 0 bridgehead atoms. The Morgan fingerprint density at radius 1 is 1.00 bits per heavy atom. The van der Waals surface area contributed by atoms with Gasteiger partial charge < -0.3 is 15.0 Å². The normalized spacial score (nSPS) is 11.9. The lowest BCUT2D eigenvalue weighted by Gasteiger charge is -2.32. The van der Waals surface area contributed by atoms with Crippen LogP contribution in [0, 0.1) is 6.92 Å². The van der Waals surface area contributed by atoms with Crippen LogP contribution >= 0.6 is 11.8 Å². The predicted molar refractivity (Wildman–Crippen MR) is 169 cm³/mol. The van der Waals surface area contributed by atoms with Crippen molar-refractivity contribution in [1.82, 2.24) is 10.2 Å². The number of para-hydroxylation sites is 2. The standard InChI is InChI=1S/C32H41N3O5S2/c1-6-8-20-33-32(37)25(4)34(22-26-13-11-12-24(3)21-26)31(36)23-35(29-14-9-10-15-30(29)40-7-2)42(38,39)28-18-16-27(41-5)17-19-28/h9-19,21,25H,6-8,20,22-23H2,1-5H3,(H,33,37). The van der Waals surface area contributed by atoms with Gasteiger partial charge in [-0.2, -0.15) is 0 Å². The molecule has 0 aliphatic carbocycles. The largest absolute Gasteiger partial charge is 0.492 e. The van der Waals surface area contributed by atoms with Crippen molar-refractivity contribution in [1.29, 1.82) is 0 Å². The Hall–Kier alpha value is -3.50. The number of nitrogens with one attached hydrogen (secondary N) is 1. The molecule has 1 atom stereocenters. The number of sulfonamides is 1. The predicted octanol–water partition coefficient (Wildman–Crippen LogP) is 5.64. The molecule has 1 N–H and O–H groups in total. The van der Waals surface area contributed by atoms with E-state index in [1.807, 2.05) is 51.3 Å². The van der Waals surface area contributed by atoms with Gasteiger partial charge in [0.1, 0.15) is 18.3 Å². The fourth-order valence-corrected chi connectivity index (χ4v) is 6.29. The Labute approximate surface area is 254 Å². The fraction of sp³-hybridized carbons (Fsp3) is 0.375. The molecular weight excluding hydrogens is 571 g/mol. The second-order valence-electron chi connectivity index (χ2n) is 9.92. The van der Waals surface area contributed by atoms with Crippen LogP contribution in [0.4, 0.5) is 5.69 Å². The van der Waals surface area contributed by atoms with E-state index in [0.29, 0.717) is 18.9 Å². The minimum Gasteiger partial charge on any atom is -0.492 e. The van der Waals surface area contributed by atoms with Crippen molar-refractivity contribution >= 4 is 39.3 Å². The number of hydrogen-bond donors (Lipinski definition) is 1. The summed E-state index contributed by atoms with van der Waals surface area (Å²) in [7, 11) is -4.20. The third-order valence-electron chi connectivity index (χ3n) is 6.79. The molecule has 2 amide bonds. The number of ether oxygens (including phenoxy) is 1. The van der Waals surface area contributed by atoms with Crippen LogP contribution in [-0.2, 0) is 26.2 Å². The van der Waals surface area contributed by atoms with Gasteiger partial charge >= 0.3 is 0 Å². The molecule has 0 saturated carbocycles. The van der Waals surface area contributed by atoms with Gasteiger partial charge in [-0.05, 0) is 75.4 Å². The number of anilines is 1. The Morgan fingerprint density at radius 2 is 1.71 bits per heavy atom. The van der Waals surface area contributed by atoms with Crippen LogP contribution in [0.25, 0.3) is 0 Å². The van der Waals surface area contributed by atoms with Gasteiger partial charge in [-0.1, -0.05) is 55.3 Å². The first-order chi connectivity index (χ1) is 20.1. The van der Waals surface area contributed by atoms with Crippen molar-refractivity contribution in [2.45, 2.75) is 62.9 Å². The number of carbonyl (C=O) groups is 2. The smallest absolute Gasteiger partial charge is 0.264 e. The van der Waals surface area contributed by atoms with E-state index in [-0.39, 0.29) is 23.0 Å². The van der Waals surface area contributed by atoms with Gasteiger partial charge in [0.15, 0.2) is 0 Å². The van der Waals surface area contributed by atoms with Gasteiger partial charge in [-0.15, -0.1) is 11.8 Å². The molecule has 3 aromatic rings. The van der Waals surface area contributed by atoms with E-state index in [1.165, 1.54) is 28.8 Å². The first-order valence-electron chi connectivity index (χ1n) is 14.1. The molecule has 1 unspecified atom stereocenters. The number of carbonyl (C=O) groups excluding carboxylic acids is 2. The Balaban J connectivity index is 2.06. The summed E-state index contributed by atoms with van der Waals surface area (Å²) < 4.78 is 35.1. The highest BCUT2D eigenvalue weighted by molar-refractivity contribution is 7.98. The van der Waals surface area contributed by atoms with Gasteiger partial charge in [0, 0.05) is 18.0 Å². The van der Waals surface area contributed by atoms with E-state index in [9.17, 15) is 18.0 Å². The average Bonchev–Trinajstić information content (AvgIpc) is 2.99. The summed E-state index contributed by atoms with van der Waals surface area (Å²) in [5.41, 5.74) is 2.11. The van der Waals surface area contributed by atoms with Crippen LogP contribution in [0.2, 0.25) is 0 Å². The molecule has 226 valence electrons. The lowest BCUT2D eigenvalue weighted by Crippen LogP contribution is -2.51. The van der Waals surface area contributed by atoms with Crippen molar-refractivity contribution in [3.63, 3.8) is 0 Å². The van der Waals surface area contributed by atoms with Crippen LogP contribution in [0.1, 0.15) is 44.7 Å². The maximum atomic E-state index is 14.1. The lowest BCUT2D eigenvalue weighted by atomic mass is 10.1. The highest BCUT2D eigenvalue weighted by atomic mass is 32.2. The molecule has 0 aliphatic rings. The maximum Gasteiger partial charge on any atom is 0.264 e. The van der Waals surface area contributed by atoms with E-state index in [1.54, 1.807) is 43.3 Å². The highest BCUT2D eigenvalue weighted by Gasteiger charge is 2.33. The van der Waals surface area contributed by atoms with Crippen LogP contribution < -0.4 is 14.4 Å². The summed E-state index contributed by atoms with van der Waals surface area (Å²) in [6.07, 6.45) is 3.65. The van der Waals surface area contributed by atoms with Gasteiger partial charge in [-0.3, -0.25) is 13.9 Å². The molecule has 0 fully saturated rings. The molecule has 0 saturated heterocycles. The van der Waals surface area contributed by atoms with E-state index in [4.69, 9.17) is 4.74 Å². The number of rotatable bonds is 15. The van der Waals surface area contributed by atoms with E-state index >= 15 is 0 Å². The van der Waals surface area contributed by atoms with Gasteiger partial charge in [-0.25, -0.2) is 8.42 Å².